The van der Waals surface area contributed by atoms with E-state index in [1.54, 1.807) is 18.6 Å². The van der Waals surface area contributed by atoms with E-state index >= 15 is 0 Å². The van der Waals surface area contributed by atoms with Crippen molar-refractivity contribution < 1.29 is 14.5 Å². The van der Waals surface area contributed by atoms with Crippen LogP contribution in [0.15, 0.2) is 84.2 Å². The molecular formula is C34H32N6O4. The molecule has 1 saturated heterocycles. The fourth-order valence-corrected chi connectivity index (χ4v) is 5.69. The number of benzene rings is 3. The summed E-state index contributed by atoms with van der Waals surface area (Å²) < 4.78 is 0. The maximum atomic E-state index is 13.3. The molecule has 3 aromatic carbocycles. The molecule has 0 radical (unpaired) electrons. The van der Waals surface area contributed by atoms with E-state index in [9.17, 15) is 19.7 Å². The Morgan fingerprint density at radius 1 is 1.05 bits per heavy atom. The second-order valence-corrected chi connectivity index (χ2v) is 11.0. The molecule has 0 bridgehead atoms. The zero-order valence-electron chi connectivity index (χ0n) is 24.1. The number of fused-ring (bicyclic) bond motifs is 1. The average molecular weight is 589 g/mol. The number of non-ortho nitro benzene ring substituents is 1. The average Bonchev–Trinajstić information content (AvgIpc) is 3.67. The number of carbonyl (C=O) groups excluding carboxylic acids is 2. The molecular weight excluding hydrogens is 556 g/mol. The Hall–Kier alpha value is -5.38. The Bertz CT molecular complexity index is 1730. The molecule has 3 heterocycles. The number of nitro groups is 1. The lowest BCUT2D eigenvalue weighted by atomic mass is 9.89. The summed E-state index contributed by atoms with van der Waals surface area (Å²) in [5.74, 6) is -0.862. The van der Waals surface area contributed by atoms with E-state index in [2.05, 4.69) is 15.3 Å². The number of piperidine rings is 1. The third-order valence-corrected chi connectivity index (χ3v) is 8.03. The maximum Gasteiger partial charge on any atom is 0.269 e. The number of nitro benzene ring substituents is 1. The van der Waals surface area contributed by atoms with Gasteiger partial charge in [0.2, 0.25) is 11.8 Å². The van der Waals surface area contributed by atoms with Crippen LogP contribution in [0.1, 0.15) is 59.5 Å². The molecule has 1 aromatic heterocycles. The van der Waals surface area contributed by atoms with E-state index in [0.717, 1.165) is 61.2 Å². The number of anilines is 1. The molecule has 2 N–H and O–H groups in total. The van der Waals surface area contributed by atoms with Gasteiger partial charge in [-0.25, -0.2) is 4.98 Å². The van der Waals surface area contributed by atoms with E-state index in [4.69, 9.17) is 4.99 Å². The van der Waals surface area contributed by atoms with Gasteiger partial charge in [0.1, 0.15) is 5.92 Å². The summed E-state index contributed by atoms with van der Waals surface area (Å²) in [5.41, 5.74) is 5.88. The van der Waals surface area contributed by atoms with Crippen molar-refractivity contribution in [3.63, 3.8) is 0 Å². The van der Waals surface area contributed by atoms with Gasteiger partial charge in [-0.15, -0.1) is 0 Å². The highest BCUT2D eigenvalue weighted by atomic mass is 16.6. The van der Waals surface area contributed by atoms with Crippen LogP contribution in [0.5, 0.6) is 0 Å². The number of likely N-dealkylation sites (tertiary alicyclic amines) is 1. The van der Waals surface area contributed by atoms with Gasteiger partial charge in [0.15, 0.2) is 0 Å². The number of hydrogen-bond donors (Lipinski definition) is 2. The van der Waals surface area contributed by atoms with Crippen molar-refractivity contribution in [1.29, 1.82) is 0 Å². The lowest BCUT2D eigenvalue weighted by molar-refractivity contribution is -0.384. The number of nitrogens with zero attached hydrogens (tertiary/aromatic N) is 4. The first-order valence-corrected chi connectivity index (χ1v) is 14.8. The SMILES string of the molecule is O=C1Nc2ccc([N+](=O)[O-])cc2C1C(=Nc1ccc(C=Cc2cnc[nH]2)cc1)c1ccc(CCCN2CCCCC2=O)cc1. The van der Waals surface area contributed by atoms with Crippen LogP contribution in [0.2, 0.25) is 0 Å². The van der Waals surface area contributed by atoms with Crippen molar-refractivity contribution in [1.82, 2.24) is 14.9 Å². The molecule has 2 aliphatic heterocycles. The van der Waals surface area contributed by atoms with E-state index < -0.39 is 10.8 Å². The predicted molar refractivity (Wildman–Crippen MR) is 170 cm³/mol. The van der Waals surface area contributed by atoms with Crippen molar-refractivity contribution >= 4 is 46.7 Å². The molecule has 2 aliphatic rings. The first-order chi connectivity index (χ1) is 21.4. The van der Waals surface area contributed by atoms with Crippen LogP contribution in [0.25, 0.3) is 12.2 Å². The zero-order chi connectivity index (χ0) is 30.5. The number of amides is 2. The van der Waals surface area contributed by atoms with Crippen LogP contribution in [-0.4, -0.2) is 50.4 Å². The number of aliphatic imine (C=N–C) groups is 1. The minimum absolute atomic E-state index is 0.0828. The number of H-pyrrole nitrogens is 1. The standard InChI is InChI=1S/C34H32N6O4/c41-31-5-1-2-18-39(31)19-3-4-23-6-11-25(12-7-23)33(32-29-20-28(40(43)44)16-17-30(29)38-34(32)42)37-26-13-8-24(9-14-26)10-15-27-21-35-22-36-27/h6-17,20-22,32H,1-5,18-19H2,(H,35,36)(H,38,42). The Morgan fingerprint density at radius 3 is 2.59 bits per heavy atom. The third kappa shape index (κ3) is 6.49. The van der Waals surface area contributed by atoms with E-state index in [1.165, 1.54) is 12.1 Å². The largest absolute Gasteiger partial charge is 0.345 e. The fourth-order valence-electron chi connectivity index (χ4n) is 5.69. The van der Waals surface area contributed by atoms with Crippen molar-refractivity contribution in [2.45, 2.75) is 38.0 Å². The Morgan fingerprint density at radius 2 is 1.86 bits per heavy atom. The molecule has 2 amide bonds. The van der Waals surface area contributed by atoms with Gasteiger partial charge in [-0.2, -0.15) is 0 Å². The van der Waals surface area contributed by atoms with Gasteiger partial charge in [0, 0.05) is 42.9 Å². The molecule has 44 heavy (non-hydrogen) atoms. The molecule has 4 aromatic rings. The van der Waals surface area contributed by atoms with Crippen LogP contribution in [0.3, 0.4) is 0 Å². The van der Waals surface area contributed by atoms with Gasteiger partial charge in [-0.1, -0.05) is 42.5 Å². The third-order valence-electron chi connectivity index (χ3n) is 8.03. The highest BCUT2D eigenvalue weighted by Gasteiger charge is 2.36. The number of rotatable bonds is 10. The van der Waals surface area contributed by atoms with Crippen molar-refractivity contribution in [3.8, 4) is 0 Å². The van der Waals surface area contributed by atoms with Gasteiger partial charge in [-0.3, -0.25) is 24.7 Å². The lowest BCUT2D eigenvalue weighted by Gasteiger charge is -2.26. The second-order valence-electron chi connectivity index (χ2n) is 11.0. The number of nitrogens with one attached hydrogen (secondary N) is 2. The molecule has 1 fully saturated rings. The van der Waals surface area contributed by atoms with Gasteiger partial charge in [-0.05, 0) is 66.6 Å². The number of imidazole rings is 1. The summed E-state index contributed by atoms with van der Waals surface area (Å²) >= 11 is 0. The molecule has 0 aliphatic carbocycles. The maximum absolute atomic E-state index is 13.3. The van der Waals surface area contributed by atoms with Crippen LogP contribution in [-0.2, 0) is 16.0 Å². The highest BCUT2D eigenvalue weighted by molar-refractivity contribution is 6.24. The van der Waals surface area contributed by atoms with Gasteiger partial charge < -0.3 is 15.2 Å². The Balaban J connectivity index is 1.28. The van der Waals surface area contributed by atoms with Crippen LogP contribution in [0.4, 0.5) is 17.1 Å². The second kappa shape index (κ2) is 12.9. The zero-order valence-corrected chi connectivity index (χ0v) is 24.1. The van der Waals surface area contributed by atoms with Gasteiger partial charge in [0.05, 0.1) is 34.5 Å². The molecule has 222 valence electrons. The van der Waals surface area contributed by atoms with Gasteiger partial charge in [0.25, 0.3) is 5.69 Å². The van der Waals surface area contributed by atoms with Crippen LogP contribution < -0.4 is 5.32 Å². The van der Waals surface area contributed by atoms with Crippen molar-refractivity contribution in [2.24, 2.45) is 4.99 Å². The van der Waals surface area contributed by atoms with E-state index in [0.29, 0.717) is 29.1 Å². The van der Waals surface area contributed by atoms with Crippen LogP contribution >= 0.6 is 0 Å². The molecule has 1 unspecified atom stereocenters. The minimum Gasteiger partial charge on any atom is -0.345 e. The molecule has 10 heteroatoms. The quantitative estimate of drug-likeness (QED) is 0.128. The summed E-state index contributed by atoms with van der Waals surface area (Å²) in [6, 6.07) is 20.0. The number of hydrogen-bond acceptors (Lipinski definition) is 6. The molecule has 1 atom stereocenters. The Kier molecular flexibility index (Phi) is 8.40. The topological polar surface area (TPSA) is 134 Å². The molecule has 10 nitrogen and oxygen atoms in total. The monoisotopic (exact) mass is 588 g/mol. The number of aromatic amines is 1. The highest BCUT2D eigenvalue weighted by Crippen LogP contribution is 2.38. The summed E-state index contributed by atoms with van der Waals surface area (Å²) in [4.78, 5) is 50.5. The van der Waals surface area contributed by atoms with Crippen LogP contribution in [0, 0.1) is 10.1 Å². The normalized spacial score (nSPS) is 16.8. The summed E-state index contributed by atoms with van der Waals surface area (Å²) in [5, 5.41) is 14.4. The lowest BCUT2D eigenvalue weighted by Crippen LogP contribution is -2.36. The molecule has 6 rings (SSSR count). The Labute approximate surface area is 254 Å². The number of carbonyl (C=O) groups is 2. The summed E-state index contributed by atoms with van der Waals surface area (Å²) in [6.07, 6.45) is 11.6. The molecule has 0 spiro atoms. The smallest absolute Gasteiger partial charge is 0.269 e. The van der Waals surface area contributed by atoms with E-state index in [-0.39, 0.29) is 17.5 Å². The predicted octanol–water partition coefficient (Wildman–Crippen LogP) is 6.29. The number of aryl methyl sites for hydroxylation is 1. The van der Waals surface area contributed by atoms with Crippen molar-refractivity contribution in [2.75, 3.05) is 18.4 Å². The summed E-state index contributed by atoms with van der Waals surface area (Å²) in [7, 11) is 0. The first-order valence-electron chi connectivity index (χ1n) is 14.8. The first kappa shape index (κ1) is 28.7. The summed E-state index contributed by atoms with van der Waals surface area (Å²) in [6.45, 7) is 1.58. The fraction of sp³-hybridized carbons (Fsp3) is 0.235. The number of aromatic nitrogens is 2. The van der Waals surface area contributed by atoms with Gasteiger partial charge >= 0.3 is 0 Å². The minimum atomic E-state index is -0.819. The van der Waals surface area contributed by atoms with E-state index in [1.807, 2.05) is 65.6 Å². The molecule has 0 saturated carbocycles. The van der Waals surface area contributed by atoms with Crippen molar-refractivity contribution in [3.05, 3.63) is 117 Å².